The van der Waals surface area contributed by atoms with Crippen LogP contribution in [-0.4, -0.2) is 22.2 Å². The van der Waals surface area contributed by atoms with Crippen LogP contribution in [0.2, 0.25) is 0 Å². The standard InChI is InChI=1S/C17H22Cl2N2O2/c1-4-11(2)21-14(22)13-7-5-6-12(8-13)9-20-15(23)16(3)10-17(16,18)19/h5-8,11H,4,9-10H2,1-3H3,(H,20,23)(H,21,22)/t11-,16-/m0/s1. The molecule has 6 heteroatoms. The molecule has 0 heterocycles. The van der Waals surface area contributed by atoms with Crippen LogP contribution >= 0.6 is 23.2 Å². The zero-order valence-electron chi connectivity index (χ0n) is 13.6. The Balaban J connectivity index is 1.96. The van der Waals surface area contributed by atoms with Crippen molar-refractivity contribution in [3.8, 4) is 0 Å². The van der Waals surface area contributed by atoms with Crippen molar-refractivity contribution in [1.82, 2.24) is 10.6 Å². The number of hydrogen-bond donors (Lipinski definition) is 2. The maximum Gasteiger partial charge on any atom is 0.251 e. The Kier molecular flexibility index (Phi) is 5.27. The molecule has 23 heavy (non-hydrogen) atoms. The molecule has 2 atom stereocenters. The highest BCUT2D eigenvalue weighted by atomic mass is 35.5. The van der Waals surface area contributed by atoms with Crippen molar-refractivity contribution >= 4 is 35.0 Å². The number of carbonyl (C=O) groups is 2. The molecule has 1 fully saturated rings. The minimum atomic E-state index is -0.977. The van der Waals surface area contributed by atoms with Gasteiger partial charge >= 0.3 is 0 Å². The zero-order valence-corrected chi connectivity index (χ0v) is 15.1. The van der Waals surface area contributed by atoms with Crippen LogP contribution < -0.4 is 10.6 Å². The lowest BCUT2D eigenvalue weighted by atomic mass is 10.1. The molecular formula is C17H22Cl2N2O2. The van der Waals surface area contributed by atoms with E-state index in [2.05, 4.69) is 10.6 Å². The van der Waals surface area contributed by atoms with Crippen LogP contribution in [0.5, 0.6) is 0 Å². The minimum Gasteiger partial charge on any atom is -0.351 e. The number of benzene rings is 1. The number of hydrogen-bond acceptors (Lipinski definition) is 2. The van der Waals surface area contributed by atoms with Gasteiger partial charge in [0.15, 0.2) is 0 Å². The summed E-state index contributed by atoms with van der Waals surface area (Å²) in [5, 5.41) is 5.76. The van der Waals surface area contributed by atoms with E-state index in [4.69, 9.17) is 23.2 Å². The first-order valence-electron chi connectivity index (χ1n) is 7.75. The molecule has 1 aromatic carbocycles. The number of alkyl halides is 2. The number of halogens is 2. The summed E-state index contributed by atoms with van der Waals surface area (Å²) in [5.41, 5.74) is 0.703. The van der Waals surface area contributed by atoms with E-state index in [1.165, 1.54) is 0 Å². The van der Waals surface area contributed by atoms with Crippen LogP contribution in [0.15, 0.2) is 24.3 Å². The fourth-order valence-electron chi connectivity index (χ4n) is 2.26. The summed E-state index contributed by atoms with van der Waals surface area (Å²) < 4.78 is -0.977. The lowest BCUT2D eigenvalue weighted by molar-refractivity contribution is -0.125. The van der Waals surface area contributed by atoms with Gasteiger partial charge in [0.2, 0.25) is 5.91 Å². The summed E-state index contributed by atoms with van der Waals surface area (Å²) >= 11 is 12.0. The van der Waals surface area contributed by atoms with Crippen molar-refractivity contribution < 1.29 is 9.59 Å². The molecule has 4 nitrogen and oxygen atoms in total. The minimum absolute atomic E-state index is 0.109. The second kappa shape index (κ2) is 6.70. The monoisotopic (exact) mass is 356 g/mol. The van der Waals surface area contributed by atoms with Gasteiger partial charge in [-0.1, -0.05) is 19.1 Å². The van der Waals surface area contributed by atoms with Gasteiger partial charge in [0.05, 0.1) is 5.41 Å². The molecule has 2 amide bonds. The van der Waals surface area contributed by atoms with E-state index in [1.807, 2.05) is 19.9 Å². The molecule has 0 radical (unpaired) electrons. The third-order valence-corrected chi connectivity index (χ3v) is 5.49. The van der Waals surface area contributed by atoms with E-state index >= 15 is 0 Å². The number of nitrogens with one attached hydrogen (secondary N) is 2. The summed E-state index contributed by atoms with van der Waals surface area (Å²) in [5.74, 6) is -0.279. The van der Waals surface area contributed by atoms with Gasteiger partial charge in [0, 0.05) is 18.2 Å². The van der Waals surface area contributed by atoms with E-state index in [0.717, 1.165) is 12.0 Å². The Hall–Kier alpha value is -1.26. The van der Waals surface area contributed by atoms with Gasteiger partial charge in [-0.15, -0.1) is 23.2 Å². The van der Waals surface area contributed by atoms with E-state index in [-0.39, 0.29) is 17.9 Å². The van der Waals surface area contributed by atoms with E-state index in [9.17, 15) is 9.59 Å². The molecule has 0 saturated heterocycles. The summed E-state index contributed by atoms with van der Waals surface area (Å²) in [6.45, 7) is 6.06. The Morgan fingerprint density at radius 2 is 2.00 bits per heavy atom. The number of carbonyl (C=O) groups excluding carboxylic acids is 2. The normalized spacial score (nSPS) is 23.0. The molecular weight excluding hydrogens is 335 g/mol. The van der Waals surface area contributed by atoms with Gasteiger partial charge in [-0.2, -0.15) is 0 Å². The van der Waals surface area contributed by atoms with Crippen molar-refractivity contribution in [3.05, 3.63) is 35.4 Å². The Morgan fingerprint density at radius 1 is 1.35 bits per heavy atom. The first-order valence-corrected chi connectivity index (χ1v) is 8.51. The lowest BCUT2D eigenvalue weighted by Gasteiger charge is -2.14. The average molecular weight is 357 g/mol. The second-order valence-electron chi connectivity index (χ2n) is 6.38. The molecule has 0 aromatic heterocycles. The van der Waals surface area contributed by atoms with E-state index in [1.54, 1.807) is 25.1 Å². The van der Waals surface area contributed by atoms with E-state index < -0.39 is 9.75 Å². The van der Waals surface area contributed by atoms with Crippen molar-refractivity contribution in [2.75, 3.05) is 0 Å². The van der Waals surface area contributed by atoms with Gasteiger partial charge in [0.1, 0.15) is 4.33 Å². The quantitative estimate of drug-likeness (QED) is 0.767. The Morgan fingerprint density at radius 3 is 2.57 bits per heavy atom. The molecule has 126 valence electrons. The third kappa shape index (κ3) is 3.99. The van der Waals surface area contributed by atoms with Crippen molar-refractivity contribution in [2.45, 2.75) is 50.5 Å². The molecule has 0 spiro atoms. The molecule has 1 aliphatic rings. The van der Waals surface area contributed by atoms with Crippen LogP contribution in [0.1, 0.15) is 49.5 Å². The van der Waals surface area contributed by atoms with Crippen LogP contribution in [0.4, 0.5) is 0 Å². The Labute approximate surface area is 146 Å². The summed E-state index contributed by atoms with van der Waals surface area (Å²) in [7, 11) is 0. The van der Waals surface area contributed by atoms with Crippen molar-refractivity contribution in [2.24, 2.45) is 5.41 Å². The van der Waals surface area contributed by atoms with Crippen molar-refractivity contribution in [3.63, 3.8) is 0 Å². The molecule has 1 aromatic rings. The fourth-order valence-corrected chi connectivity index (χ4v) is 2.96. The molecule has 0 aliphatic heterocycles. The van der Waals surface area contributed by atoms with Crippen LogP contribution in [0.3, 0.4) is 0 Å². The van der Waals surface area contributed by atoms with Gasteiger partial charge in [-0.05, 0) is 44.4 Å². The number of amides is 2. The first-order chi connectivity index (χ1) is 10.7. The number of rotatable bonds is 6. The van der Waals surface area contributed by atoms with Crippen molar-refractivity contribution in [1.29, 1.82) is 0 Å². The zero-order chi connectivity index (χ0) is 17.3. The molecule has 0 bridgehead atoms. The second-order valence-corrected chi connectivity index (χ2v) is 7.86. The molecule has 1 saturated carbocycles. The molecule has 2 rings (SSSR count). The highest BCUT2D eigenvalue weighted by molar-refractivity contribution is 6.53. The summed E-state index contributed by atoms with van der Waals surface area (Å²) in [6.07, 6.45) is 1.32. The molecule has 2 N–H and O–H groups in total. The maximum atomic E-state index is 12.2. The highest BCUT2D eigenvalue weighted by Crippen LogP contribution is 2.63. The first kappa shape index (κ1) is 18.1. The SMILES string of the molecule is CC[C@H](C)NC(=O)c1cccc(CNC(=O)[C@]2(C)CC2(Cl)Cl)c1. The fraction of sp³-hybridized carbons (Fsp3) is 0.529. The lowest BCUT2D eigenvalue weighted by Crippen LogP contribution is -2.33. The predicted molar refractivity (Wildman–Crippen MR) is 92.7 cm³/mol. The third-order valence-electron chi connectivity index (χ3n) is 4.39. The predicted octanol–water partition coefficient (Wildman–Crippen LogP) is 3.42. The highest BCUT2D eigenvalue weighted by Gasteiger charge is 2.67. The molecule has 1 aliphatic carbocycles. The Bertz CT molecular complexity index is 618. The van der Waals surface area contributed by atoms with Gasteiger partial charge in [-0.3, -0.25) is 9.59 Å². The summed E-state index contributed by atoms with van der Waals surface area (Å²) in [4.78, 5) is 24.3. The smallest absolute Gasteiger partial charge is 0.251 e. The van der Waals surface area contributed by atoms with E-state index in [0.29, 0.717) is 18.5 Å². The van der Waals surface area contributed by atoms with Crippen LogP contribution in [-0.2, 0) is 11.3 Å². The maximum absolute atomic E-state index is 12.2. The van der Waals surface area contributed by atoms with Crippen LogP contribution in [0, 0.1) is 5.41 Å². The largest absolute Gasteiger partial charge is 0.351 e. The van der Waals surface area contributed by atoms with Crippen LogP contribution in [0.25, 0.3) is 0 Å². The van der Waals surface area contributed by atoms with Gasteiger partial charge < -0.3 is 10.6 Å². The average Bonchev–Trinajstić information content (AvgIpc) is 3.04. The van der Waals surface area contributed by atoms with Gasteiger partial charge in [0.25, 0.3) is 5.91 Å². The topological polar surface area (TPSA) is 58.2 Å². The van der Waals surface area contributed by atoms with Gasteiger partial charge in [-0.25, -0.2) is 0 Å². The summed E-state index contributed by atoms with van der Waals surface area (Å²) in [6, 6.07) is 7.33. The molecule has 0 unspecified atom stereocenters.